The predicted octanol–water partition coefficient (Wildman–Crippen LogP) is 3.77. The van der Waals surface area contributed by atoms with Gasteiger partial charge in [0.2, 0.25) is 0 Å². The smallest absolute Gasteiger partial charge is 0.0459 e. The van der Waals surface area contributed by atoms with Gasteiger partial charge in [-0.25, -0.2) is 0 Å². The number of fused-ring (bicyclic) bond motifs is 3. The van der Waals surface area contributed by atoms with Crippen LogP contribution in [0.15, 0.2) is 36.9 Å². The summed E-state index contributed by atoms with van der Waals surface area (Å²) in [5.41, 5.74) is 4.19. The van der Waals surface area contributed by atoms with Crippen LogP contribution < -0.4 is 0 Å². The molecule has 1 N–H and O–H groups in total. The Morgan fingerprint density at radius 3 is 3.07 bits per heavy atom. The van der Waals surface area contributed by atoms with E-state index in [1.165, 1.54) is 41.4 Å². The Balaban J connectivity index is 2.28. The van der Waals surface area contributed by atoms with Crippen LogP contribution >= 0.6 is 0 Å². The number of aryl methyl sites for hydroxylation is 1. The monoisotopic (exact) mass is 197 g/mol. The summed E-state index contributed by atoms with van der Waals surface area (Å²) in [6.07, 6.45) is 5.81. The van der Waals surface area contributed by atoms with Crippen molar-refractivity contribution in [3.8, 4) is 0 Å². The van der Waals surface area contributed by atoms with Crippen molar-refractivity contribution >= 4 is 10.9 Å². The zero-order chi connectivity index (χ0) is 10.3. The summed E-state index contributed by atoms with van der Waals surface area (Å²) in [6.45, 7) is 3.93. The predicted molar refractivity (Wildman–Crippen MR) is 64.2 cm³/mol. The van der Waals surface area contributed by atoms with E-state index < -0.39 is 0 Å². The van der Waals surface area contributed by atoms with Crippen molar-refractivity contribution in [2.75, 3.05) is 0 Å². The maximum Gasteiger partial charge on any atom is 0.0459 e. The van der Waals surface area contributed by atoms with Crippen molar-refractivity contribution in [3.05, 3.63) is 48.2 Å². The average molecular weight is 197 g/mol. The zero-order valence-corrected chi connectivity index (χ0v) is 8.79. The van der Waals surface area contributed by atoms with E-state index in [2.05, 4.69) is 41.9 Å². The number of hydrogen-bond donors (Lipinski definition) is 1. The molecule has 2 aromatic rings. The van der Waals surface area contributed by atoms with Gasteiger partial charge in [0.25, 0.3) is 0 Å². The lowest BCUT2D eigenvalue weighted by molar-refractivity contribution is 0.622. The number of rotatable bonds is 1. The third kappa shape index (κ3) is 1.23. The van der Waals surface area contributed by atoms with Crippen molar-refractivity contribution in [3.63, 3.8) is 0 Å². The second kappa shape index (κ2) is 3.27. The SMILES string of the molecule is C=CC1CCCc2c1[nH]c1ccccc21. The van der Waals surface area contributed by atoms with Gasteiger partial charge in [0.05, 0.1) is 0 Å². The molecule has 1 aromatic carbocycles. The first kappa shape index (κ1) is 8.78. The van der Waals surface area contributed by atoms with Gasteiger partial charge in [-0.1, -0.05) is 24.3 Å². The van der Waals surface area contributed by atoms with Gasteiger partial charge in [-0.15, -0.1) is 6.58 Å². The Hall–Kier alpha value is -1.50. The van der Waals surface area contributed by atoms with Crippen LogP contribution in [-0.2, 0) is 6.42 Å². The number of aromatic nitrogens is 1. The summed E-state index contributed by atoms with van der Waals surface area (Å²) in [5.74, 6) is 0.529. The van der Waals surface area contributed by atoms with Gasteiger partial charge < -0.3 is 4.98 Å². The normalized spacial score (nSPS) is 20.1. The van der Waals surface area contributed by atoms with Gasteiger partial charge in [0.1, 0.15) is 0 Å². The molecule has 1 atom stereocenters. The van der Waals surface area contributed by atoms with Crippen LogP contribution in [0.3, 0.4) is 0 Å². The number of benzene rings is 1. The first-order chi connectivity index (χ1) is 7.40. The molecule has 0 aliphatic heterocycles. The van der Waals surface area contributed by atoms with E-state index in [0.29, 0.717) is 5.92 Å². The number of H-pyrrole nitrogens is 1. The van der Waals surface area contributed by atoms with E-state index in [0.717, 1.165) is 0 Å². The standard InChI is InChI=1S/C14H15N/c1-2-10-6-5-8-12-11-7-3-4-9-13(11)15-14(10)12/h2-4,7,9-10,15H,1,5-6,8H2. The zero-order valence-electron chi connectivity index (χ0n) is 8.79. The lowest BCUT2D eigenvalue weighted by atomic mass is 9.87. The molecule has 1 unspecified atom stereocenters. The Bertz CT molecular complexity index is 507. The molecule has 0 radical (unpaired) electrons. The summed E-state index contributed by atoms with van der Waals surface area (Å²) < 4.78 is 0. The minimum atomic E-state index is 0.529. The molecule has 0 saturated carbocycles. The van der Waals surface area contributed by atoms with Crippen LogP contribution in [0.2, 0.25) is 0 Å². The quantitative estimate of drug-likeness (QED) is 0.670. The minimum absolute atomic E-state index is 0.529. The minimum Gasteiger partial charge on any atom is -0.358 e. The lowest BCUT2D eigenvalue weighted by Crippen LogP contribution is -2.06. The second-order valence-corrected chi connectivity index (χ2v) is 4.30. The molecule has 0 fully saturated rings. The Morgan fingerprint density at radius 2 is 2.20 bits per heavy atom. The third-order valence-corrected chi connectivity index (χ3v) is 3.44. The number of nitrogens with one attached hydrogen (secondary N) is 1. The first-order valence-electron chi connectivity index (χ1n) is 5.62. The van der Waals surface area contributed by atoms with Gasteiger partial charge in [-0.05, 0) is 30.9 Å². The molecule has 0 saturated heterocycles. The van der Waals surface area contributed by atoms with Gasteiger partial charge in [0.15, 0.2) is 0 Å². The molecular weight excluding hydrogens is 182 g/mol. The van der Waals surface area contributed by atoms with Gasteiger partial charge in [-0.2, -0.15) is 0 Å². The molecular formula is C14H15N. The molecule has 15 heavy (non-hydrogen) atoms. The fourth-order valence-electron chi connectivity index (χ4n) is 2.69. The third-order valence-electron chi connectivity index (χ3n) is 3.44. The van der Waals surface area contributed by atoms with E-state index >= 15 is 0 Å². The first-order valence-corrected chi connectivity index (χ1v) is 5.62. The van der Waals surface area contributed by atoms with Crippen LogP contribution in [0.1, 0.15) is 30.0 Å². The fourth-order valence-corrected chi connectivity index (χ4v) is 2.69. The van der Waals surface area contributed by atoms with Crippen LogP contribution in [0.4, 0.5) is 0 Å². The van der Waals surface area contributed by atoms with Crippen LogP contribution in [0.25, 0.3) is 10.9 Å². The Morgan fingerprint density at radius 1 is 1.33 bits per heavy atom. The fraction of sp³-hybridized carbons (Fsp3) is 0.286. The summed E-state index contributed by atoms with van der Waals surface area (Å²) in [7, 11) is 0. The van der Waals surface area contributed by atoms with Crippen LogP contribution in [-0.4, -0.2) is 4.98 Å². The number of para-hydroxylation sites is 1. The summed E-state index contributed by atoms with van der Waals surface area (Å²) in [6, 6.07) is 8.59. The molecule has 1 nitrogen and oxygen atoms in total. The lowest BCUT2D eigenvalue weighted by Gasteiger charge is -2.19. The van der Waals surface area contributed by atoms with Crippen molar-refractivity contribution in [1.29, 1.82) is 0 Å². The molecule has 1 aromatic heterocycles. The Kier molecular flexibility index (Phi) is 1.91. The van der Waals surface area contributed by atoms with E-state index in [1.807, 2.05) is 0 Å². The summed E-state index contributed by atoms with van der Waals surface area (Å²) >= 11 is 0. The number of hydrogen-bond acceptors (Lipinski definition) is 0. The van der Waals surface area contributed by atoms with Crippen molar-refractivity contribution in [1.82, 2.24) is 4.98 Å². The molecule has 1 heteroatoms. The van der Waals surface area contributed by atoms with E-state index in [9.17, 15) is 0 Å². The topological polar surface area (TPSA) is 15.8 Å². The molecule has 1 aliphatic rings. The van der Waals surface area contributed by atoms with Crippen LogP contribution in [0.5, 0.6) is 0 Å². The van der Waals surface area contributed by atoms with E-state index in [1.54, 1.807) is 0 Å². The molecule has 1 aliphatic carbocycles. The highest BCUT2D eigenvalue weighted by molar-refractivity contribution is 5.85. The molecule has 0 bridgehead atoms. The van der Waals surface area contributed by atoms with E-state index in [4.69, 9.17) is 0 Å². The highest BCUT2D eigenvalue weighted by Crippen LogP contribution is 2.36. The molecule has 3 rings (SSSR count). The van der Waals surface area contributed by atoms with Crippen LogP contribution in [0, 0.1) is 0 Å². The molecule has 1 heterocycles. The molecule has 0 amide bonds. The van der Waals surface area contributed by atoms with Gasteiger partial charge in [-0.3, -0.25) is 0 Å². The van der Waals surface area contributed by atoms with Crippen molar-refractivity contribution in [2.24, 2.45) is 0 Å². The average Bonchev–Trinajstić information content (AvgIpc) is 2.67. The largest absolute Gasteiger partial charge is 0.358 e. The molecule has 76 valence electrons. The highest BCUT2D eigenvalue weighted by atomic mass is 14.7. The second-order valence-electron chi connectivity index (χ2n) is 4.30. The Labute approximate surface area is 89.8 Å². The number of allylic oxidation sites excluding steroid dienone is 1. The molecule has 0 spiro atoms. The highest BCUT2D eigenvalue weighted by Gasteiger charge is 2.21. The van der Waals surface area contributed by atoms with Crippen molar-refractivity contribution in [2.45, 2.75) is 25.2 Å². The summed E-state index contributed by atoms with van der Waals surface area (Å²) in [5, 5.41) is 1.40. The maximum atomic E-state index is 3.93. The maximum absolute atomic E-state index is 3.93. The van der Waals surface area contributed by atoms with Crippen molar-refractivity contribution < 1.29 is 0 Å². The van der Waals surface area contributed by atoms with E-state index in [-0.39, 0.29) is 0 Å². The van der Waals surface area contributed by atoms with Gasteiger partial charge in [0, 0.05) is 22.5 Å². The number of aromatic amines is 1. The summed E-state index contributed by atoms with van der Waals surface area (Å²) in [4.78, 5) is 3.55. The van der Waals surface area contributed by atoms with Gasteiger partial charge >= 0.3 is 0 Å².